The number of esters is 1. The third kappa shape index (κ3) is 3.62. The van der Waals surface area contributed by atoms with E-state index in [0.717, 1.165) is 5.69 Å². The van der Waals surface area contributed by atoms with Gasteiger partial charge < -0.3 is 10.1 Å². The molecule has 0 radical (unpaired) electrons. The predicted molar refractivity (Wildman–Crippen MR) is 77.6 cm³/mol. The molecule has 1 saturated carbocycles. The molecule has 1 aromatic rings. The second-order valence-corrected chi connectivity index (χ2v) is 6.21. The first-order valence-electron chi connectivity index (χ1n) is 7.25. The molecule has 116 valence electrons. The number of nitrogens with zero attached hydrogens (tertiary/aromatic N) is 2. The van der Waals surface area contributed by atoms with E-state index in [0.29, 0.717) is 5.92 Å². The monoisotopic (exact) mass is 293 g/mol. The molecule has 6 nitrogen and oxygen atoms in total. The average molecular weight is 293 g/mol. The number of hydrogen-bond acceptors (Lipinski definition) is 4. The quantitative estimate of drug-likeness (QED) is 0.806. The number of methoxy groups -OCH3 is 1. The van der Waals surface area contributed by atoms with Crippen LogP contribution in [0.1, 0.15) is 45.2 Å². The van der Waals surface area contributed by atoms with Crippen molar-refractivity contribution in [2.45, 2.75) is 52.1 Å². The van der Waals surface area contributed by atoms with Crippen LogP contribution in [0.4, 0.5) is 0 Å². The highest BCUT2D eigenvalue weighted by atomic mass is 16.5. The van der Waals surface area contributed by atoms with Gasteiger partial charge in [0.05, 0.1) is 18.2 Å². The molecule has 0 aromatic carbocycles. The van der Waals surface area contributed by atoms with Gasteiger partial charge in [-0.3, -0.25) is 14.3 Å². The first kappa shape index (κ1) is 15.5. The molecular formula is C15H23N3O3. The van der Waals surface area contributed by atoms with E-state index < -0.39 is 5.41 Å². The SMILES string of the molecule is COC(=O)C(C)(C)[C@H](C)NC(=O)Cn1ccc(C2CC2)n1. The molecule has 1 heterocycles. The first-order chi connectivity index (χ1) is 9.84. The number of carbonyl (C=O) groups is 2. The Kier molecular flexibility index (Phi) is 4.34. The molecule has 2 rings (SSSR count). The van der Waals surface area contributed by atoms with Crippen LogP contribution in [0.2, 0.25) is 0 Å². The number of nitrogens with one attached hydrogen (secondary N) is 1. The zero-order valence-corrected chi connectivity index (χ0v) is 13.0. The molecule has 0 spiro atoms. The average Bonchev–Trinajstić information content (AvgIpc) is 3.18. The van der Waals surface area contributed by atoms with E-state index in [1.54, 1.807) is 25.5 Å². The van der Waals surface area contributed by atoms with Crippen LogP contribution in [0, 0.1) is 5.41 Å². The summed E-state index contributed by atoms with van der Waals surface area (Å²) in [4.78, 5) is 23.8. The minimum absolute atomic E-state index is 0.161. The van der Waals surface area contributed by atoms with Gasteiger partial charge in [-0.25, -0.2) is 0 Å². The van der Waals surface area contributed by atoms with Crippen molar-refractivity contribution in [2.75, 3.05) is 7.11 Å². The number of amides is 1. The lowest BCUT2D eigenvalue weighted by molar-refractivity contribution is -0.152. The van der Waals surface area contributed by atoms with Crippen LogP contribution in [-0.2, 0) is 20.9 Å². The summed E-state index contributed by atoms with van der Waals surface area (Å²) in [6.45, 7) is 5.47. The molecule has 1 fully saturated rings. The Hall–Kier alpha value is -1.85. The van der Waals surface area contributed by atoms with Crippen LogP contribution in [0.15, 0.2) is 12.3 Å². The van der Waals surface area contributed by atoms with Crippen molar-refractivity contribution >= 4 is 11.9 Å². The van der Waals surface area contributed by atoms with E-state index in [1.807, 2.05) is 12.3 Å². The van der Waals surface area contributed by atoms with Crippen LogP contribution in [0.3, 0.4) is 0 Å². The van der Waals surface area contributed by atoms with Gasteiger partial charge in [0.15, 0.2) is 0 Å². The minimum atomic E-state index is -0.770. The Morgan fingerprint density at radius 2 is 2.19 bits per heavy atom. The molecule has 1 amide bonds. The summed E-state index contributed by atoms with van der Waals surface area (Å²) in [5, 5.41) is 7.23. The molecule has 0 saturated heterocycles. The van der Waals surface area contributed by atoms with Gasteiger partial charge in [0.1, 0.15) is 6.54 Å². The van der Waals surface area contributed by atoms with Gasteiger partial charge in [0.25, 0.3) is 0 Å². The fourth-order valence-corrected chi connectivity index (χ4v) is 2.12. The lowest BCUT2D eigenvalue weighted by atomic mass is 9.85. The van der Waals surface area contributed by atoms with Crippen molar-refractivity contribution in [3.8, 4) is 0 Å². The van der Waals surface area contributed by atoms with Gasteiger partial charge >= 0.3 is 5.97 Å². The Bertz CT molecular complexity index is 532. The summed E-state index contributed by atoms with van der Waals surface area (Å²) in [6, 6.07) is 1.64. The van der Waals surface area contributed by atoms with E-state index in [9.17, 15) is 9.59 Å². The fraction of sp³-hybridized carbons (Fsp3) is 0.667. The Morgan fingerprint density at radius 3 is 2.76 bits per heavy atom. The maximum absolute atomic E-state index is 12.1. The van der Waals surface area contributed by atoms with Crippen LogP contribution >= 0.6 is 0 Å². The van der Waals surface area contributed by atoms with E-state index in [-0.39, 0.29) is 24.5 Å². The first-order valence-corrected chi connectivity index (χ1v) is 7.25. The van der Waals surface area contributed by atoms with Crippen molar-refractivity contribution in [1.29, 1.82) is 0 Å². The molecule has 0 bridgehead atoms. The smallest absolute Gasteiger partial charge is 0.313 e. The number of carbonyl (C=O) groups excluding carboxylic acids is 2. The molecule has 0 unspecified atom stereocenters. The zero-order chi connectivity index (χ0) is 15.6. The topological polar surface area (TPSA) is 73.2 Å². The molecule has 1 aromatic heterocycles. The van der Waals surface area contributed by atoms with Crippen molar-refractivity contribution < 1.29 is 14.3 Å². The second-order valence-electron chi connectivity index (χ2n) is 6.21. The minimum Gasteiger partial charge on any atom is -0.469 e. The maximum Gasteiger partial charge on any atom is 0.313 e. The van der Waals surface area contributed by atoms with Crippen molar-refractivity contribution in [3.05, 3.63) is 18.0 Å². The van der Waals surface area contributed by atoms with E-state index >= 15 is 0 Å². The van der Waals surface area contributed by atoms with Gasteiger partial charge in [0, 0.05) is 18.2 Å². The van der Waals surface area contributed by atoms with Crippen molar-refractivity contribution in [3.63, 3.8) is 0 Å². The summed E-state index contributed by atoms with van der Waals surface area (Å²) in [5.74, 6) is 0.0711. The summed E-state index contributed by atoms with van der Waals surface area (Å²) in [6.07, 6.45) is 4.20. The molecule has 6 heteroatoms. The molecule has 1 atom stereocenters. The molecule has 1 aliphatic rings. The van der Waals surface area contributed by atoms with Crippen LogP contribution in [0.25, 0.3) is 0 Å². The number of rotatable bonds is 6. The highest BCUT2D eigenvalue weighted by Gasteiger charge is 2.36. The van der Waals surface area contributed by atoms with E-state index in [1.165, 1.54) is 20.0 Å². The Balaban J connectivity index is 1.89. The highest BCUT2D eigenvalue weighted by Crippen LogP contribution is 2.38. The lowest BCUT2D eigenvalue weighted by Crippen LogP contribution is -2.48. The van der Waals surface area contributed by atoms with Crippen molar-refractivity contribution in [2.24, 2.45) is 5.41 Å². The van der Waals surface area contributed by atoms with Gasteiger partial charge in [-0.1, -0.05) is 0 Å². The third-order valence-corrected chi connectivity index (χ3v) is 4.13. The molecule has 1 N–H and O–H groups in total. The van der Waals surface area contributed by atoms with Crippen LogP contribution in [-0.4, -0.2) is 34.8 Å². The standard InChI is InChI=1S/C15H23N3O3/c1-10(15(2,3)14(20)21-4)16-13(19)9-18-8-7-12(17-18)11-5-6-11/h7-8,10-11H,5-6,9H2,1-4H3,(H,16,19)/t10-/m0/s1. The third-order valence-electron chi connectivity index (χ3n) is 4.13. The summed E-state index contributed by atoms with van der Waals surface area (Å²) in [7, 11) is 1.35. The number of hydrogen-bond donors (Lipinski definition) is 1. The summed E-state index contributed by atoms with van der Waals surface area (Å²) in [5.41, 5.74) is 0.291. The number of ether oxygens (including phenoxy) is 1. The second kappa shape index (κ2) is 5.87. The van der Waals surface area contributed by atoms with E-state index in [4.69, 9.17) is 4.74 Å². The lowest BCUT2D eigenvalue weighted by Gasteiger charge is -2.29. The van der Waals surface area contributed by atoms with Crippen LogP contribution < -0.4 is 5.32 Å². The van der Waals surface area contributed by atoms with Gasteiger partial charge in [-0.2, -0.15) is 5.10 Å². The van der Waals surface area contributed by atoms with Gasteiger partial charge in [0.2, 0.25) is 5.91 Å². The Labute approximate surface area is 124 Å². The molecule has 1 aliphatic carbocycles. The molecule has 21 heavy (non-hydrogen) atoms. The summed E-state index contributed by atoms with van der Waals surface area (Å²) < 4.78 is 6.40. The Morgan fingerprint density at radius 1 is 1.52 bits per heavy atom. The maximum atomic E-state index is 12.1. The highest BCUT2D eigenvalue weighted by molar-refractivity contribution is 5.80. The van der Waals surface area contributed by atoms with Crippen LogP contribution in [0.5, 0.6) is 0 Å². The van der Waals surface area contributed by atoms with Gasteiger partial charge in [-0.05, 0) is 39.7 Å². The fourth-order valence-electron chi connectivity index (χ4n) is 2.12. The molecular weight excluding hydrogens is 270 g/mol. The van der Waals surface area contributed by atoms with E-state index in [2.05, 4.69) is 10.4 Å². The predicted octanol–water partition coefficient (Wildman–Crippen LogP) is 1.46. The largest absolute Gasteiger partial charge is 0.469 e. The number of aromatic nitrogens is 2. The normalized spacial score (nSPS) is 16.4. The van der Waals surface area contributed by atoms with Crippen molar-refractivity contribution in [1.82, 2.24) is 15.1 Å². The zero-order valence-electron chi connectivity index (χ0n) is 13.0. The summed E-state index contributed by atoms with van der Waals surface area (Å²) >= 11 is 0. The van der Waals surface area contributed by atoms with Gasteiger partial charge in [-0.15, -0.1) is 0 Å². The molecule has 0 aliphatic heterocycles.